The van der Waals surface area contributed by atoms with Crippen molar-refractivity contribution in [3.05, 3.63) is 70.7 Å². The highest BCUT2D eigenvalue weighted by Gasteiger charge is 2.19. The van der Waals surface area contributed by atoms with Gasteiger partial charge in [-0.1, -0.05) is 54.1 Å². The Morgan fingerprint density at radius 2 is 1.68 bits per heavy atom. The lowest BCUT2D eigenvalue weighted by Gasteiger charge is -2.17. The molecule has 2 aromatic rings. The molecule has 0 heterocycles. The number of ketones is 1. The van der Waals surface area contributed by atoms with Crippen LogP contribution < -0.4 is 11.1 Å². The minimum absolute atomic E-state index is 0.160. The number of hydrogen-bond donors (Lipinski definition) is 2. The van der Waals surface area contributed by atoms with E-state index in [1.807, 2.05) is 0 Å². The first-order valence-corrected chi connectivity index (χ1v) is 7.89. The number of carbonyl (C=O) groups is 3. The average molecular weight is 361 g/mol. The molecule has 0 spiro atoms. The standard InChI is InChI=1S/C18H17ClN2O4/c19-14-8-6-12(7-9-14)15(21-18(20)24)10-17(23)25-11-16(22)13-4-2-1-3-5-13/h1-9,15H,10-11H2,(H3,20,21,24)/t15-/m0/s1. The molecule has 6 nitrogen and oxygen atoms in total. The van der Waals surface area contributed by atoms with E-state index in [0.717, 1.165) is 0 Å². The highest BCUT2D eigenvalue weighted by molar-refractivity contribution is 6.30. The molecule has 0 aliphatic carbocycles. The Bertz CT molecular complexity index is 747. The zero-order valence-electron chi connectivity index (χ0n) is 13.3. The van der Waals surface area contributed by atoms with Crippen molar-refractivity contribution >= 4 is 29.4 Å². The minimum atomic E-state index is -0.770. The predicted molar refractivity (Wildman–Crippen MR) is 93.3 cm³/mol. The number of amides is 2. The van der Waals surface area contributed by atoms with Crippen LogP contribution in [0.5, 0.6) is 0 Å². The van der Waals surface area contributed by atoms with Gasteiger partial charge in [-0.25, -0.2) is 4.79 Å². The first-order valence-electron chi connectivity index (χ1n) is 7.51. The smallest absolute Gasteiger partial charge is 0.312 e. The lowest BCUT2D eigenvalue weighted by molar-refractivity contribution is -0.143. The molecule has 3 N–H and O–H groups in total. The third-order valence-corrected chi connectivity index (χ3v) is 3.67. The summed E-state index contributed by atoms with van der Waals surface area (Å²) < 4.78 is 5.01. The number of nitrogens with two attached hydrogens (primary N) is 1. The third kappa shape index (κ3) is 5.93. The highest BCUT2D eigenvalue weighted by Crippen LogP contribution is 2.20. The Morgan fingerprint density at radius 1 is 1.04 bits per heavy atom. The average Bonchev–Trinajstić information content (AvgIpc) is 2.60. The summed E-state index contributed by atoms with van der Waals surface area (Å²) in [6.45, 7) is -0.368. The van der Waals surface area contributed by atoms with E-state index in [2.05, 4.69) is 5.32 Å². The van der Waals surface area contributed by atoms with Crippen LogP contribution in [0, 0.1) is 0 Å². The van der Waals surface area contributed by atoms with Gasteiger partial charge < -0.3 is 15.8 Å². The lowest BCUT2D eigenvalue weighted by Crippen LogP contribution is -2.34. The second-order valence-corrected chi connectivity index (χ2v) is 5.70. The van der Waals surface area contributed by atoms with E-state index in [1.165, 1.54) is 0 Å². The molecule has 0 aliphatic heterocycles. The van der Waals surface area contributed by atoms with Gasteiger partial charge in [-0.3, -0.25) is 9.59 Å². The van der Waals surface area contributed by atoms with Gasteiger partial charge in [0.2, 0.25) is 0 Å². The number of benzene rings is 2. The van der Waals surface area contributed by atoms with Gasteiger partial charge in [-0.15, -0.1) is 0 Å². The summed E-state index contributed by atoms with van der Waals surface area (Å²) in [6, 6.07) is 13.7. The molecule has 1 atom stereocenters. The maximum Gasteiger partial charge on any atom is 0.312 e. The van der Waals surface area contributed by atoms with E-state index in [9.17, 15) is 14.4 Å². The Kier molecular flexibility index (Phi) is 6.54. The van der Waals surface area contributed by atoms with E-state index in [-0.39, 0.29) is 18.8 Å². The van der Waals surface area contributed by atoms with Crippen LogP contribution in [-0.4, -0.2) is 24.4 Å². The van der Waals surface area contributed by atoms with Crippen LogP contribution in [0.3, 0.4) is 0 Å². The molecule has 7 heteroatoms. The summed E-state index contributed by atoms with van der Waals surface area (Å²) in [5, 5.41) is 3.00. The van der Waals surface area contributed by atoms with Crippen LogP contribution in [0.4, 0.5) is 4.79 Å². The number of nitrogens with one attached hydrogen (secondary N) is 1. The van der Waals surface area contributed by atoms with Crippen LogP contribution in [0.1, 0.15) is 28.4 Å². The van der Waals surface area contributed by atoms with Crippen LogP contribution in [0.25, 0.3) is 0 Å². The second kappa shape index (κ2) is 8.84. The SMILES string of the molecule is NC(=O)N[C@@H](CC(=O)OCC(=O)c1ccccc1)c1ccc(Cl)cc1. The maximum atomic E-state index is 12.0. The first-order chi connectivity index (χ1) is 12.0. The summed E-state index contributed by atoms with van der Waals surface area (Å²) >= 11 is 5.83. The predicted octanol–water partition coefficient (Wildman–Crippen LogP) is 2.87. The Labute approximate surface area is 149 Å². The number of hydrogen-bond acceptors (Lipinski definition) is 4. The Balaban J connectivity index is 1.96. The Hall–Kier alpha value is -2.86. The fourth-order valence-electron chi connectivity index (χ4n) is 2.20. The molecule has 0 unspecified atom stereocenters. The van der Waals surface area contributed by atoms with Crippen molar-refractivity contribution in [3.8, 4) is 0 Å². The van der Waals surface area contributed by atoms with Gasteiger partial charge in [-0.05, 0) is 17.7 Å². The van der Waals surface area contributed by atoms with Gasteiger partial charge in [0.1, 0.15) is 0 Å². The molecule has 0 aliphatic rings. The maximum absolute atomic E-state index is 12.0. The zero-order valence-corrected chi connectivity index (χ0v) is 14.0. The topological polar surface area (TPSA) is 98.5 Å². The number of primary amides is 1. The monoisotopic (exact) mass is 360 g/mol. The molecule has 2 rings (SSSR count). The van der Waals surface area contributed by atoms with Crippen molar-refractivity contribution in [2.24, 2.45) is 5.73 Å². The van der Waals surface area contributed by atoms with Gasteiger partial charge in [0.15, 0.2) is 12.4 Å². The van der Waals surface area contributed by atoms with E-state index in [1.54, 1.807) is 54.6 Å². The zero-order chi connectivity index (χ0) is 18.2. The molecule has 2 aromatic carbocycles. The van der Waals surface area contributed by atoms with Crippen LogP contribution in [0.15, 0.2) is 54.6 Å². The van der Waals surface area contributed by atoms with Crippen molar-refractivity contribution in [3.63, 3.8) is 0 Å². The van der Waals surface area contributed by atoms with E-state index < -0.39 is 18.0 Å². The molecule has 0 aromatic heterocycles. The molecule has 0 bridgehead atoms. The van der Waals surface area contributed by atoms with Crippen LogP contribution >= 0.6 is 11.6 Å². The van der Waals surface area contributed by atoms with E-state index in [4.69, 9.17) is 22.1 Å². The van der Waals surface area contributed by atoms with Crippen molar-refractivity contribution in [1.29, 1.82) is 0 Å². The summed E-state index contributed by atoms with van der Waals surface area (Å²) in [7, 11) is 0. The fourth-order valence-corrected chi connectivity index (χ4v) is 2.32. The molecule has 25 heavy (non-hydrogen) atoms. The number of esters is 1. The van der Waals surface area contributed by atoms with E-state index >= 15 is 0 Å². The summed E-state index contributed by atoms with van der Waals surface area (Å²) in [4.78, 5) is 35.1. The van der Waals surface area contributed by atoms with Gasteiger partial charge in [0.25, 0.3) is 0 Å². The number of urea groups is 1. The van der Waals surface area contributed by atoms with Gasteiger partial charge >= 0.3 is 12.0 Å². The largest absolute Gasteiger partial charge is 0.457 e. The molecule has 0 saturated carbocycles. The number of carbonyl (C=O) groups excluding carboxylic acids is 3. The highest BCUT2D eigenvalue weighted by atomic mass is 35.5. The first kappa shape index (κ1) is 18.5. The molecule has 0 saturated heterocycles. The van der Waals surface area contributed by atoms with Gasteiger partial charge in [-0.2, -0.15) is 0 Å². The van der Waals surface area contributed by atoms with Crippen LogP contribution in [0.2, 0.25) is 5.02 Å². The summed E-state index contributed by atoms with van der Waals surface area (Å²) in [5.41, 5.74) is 6.26. The molecule has 2 amide bonds. The normalized spacial score (nSPS) is 11.4. The lowest BCUT2D eigenvalue weighted by atomic mass is 10.0. The second-order valence-electron chi connectivity index (χ2n) is 5.27. The number of ether oxygens (including phenoxy) is 1. The van der Waals surface area contributed by atoms with Crippen molar-refractivity contribution < 1.29 is 19.1 Å². The number of halogens is 1. The Morgan fingerprint density at radius 3 is 2.28 bits per heavy atom. The molecule has 130 valence electrons. The minimum Gasteiger partial charge on any atom is -0.457 e. The quantitative estimate of drug-likeness (QED) is 0.585. The molecular formula is C18H17ClN2O4. The number of rotatable bonds is 7. The summed E-state index contributed by atoms with van der Waals surface area (Å²) in [5.74, 6) is -0.933. The van der Waals surface area contributed by atoms with Crippen LogP contribution in [-0.2, 0) is 9.53 Å². The summed E-state index contributed by atoms with van der Waals surface area (Å²) in [6.07, 6.45) is -0.160. The molecule has 0 fully saturated rings. The van der Waals surface area contributed by atoms with Gasteiger partial charge in [0.05, 0.1) is 12.5 Å². The molecule has 0 radical (unpaired) electrons. The fraction of sp³-hybridized carbons (Fsp3) is 0.167. The molecular weight excluding hydrogens is 344 g/mol. The van der Waals surface area contributed by atoms with E-state index in [0.29, 0.717) is 16.1 Å². The third-order valence-electron chi connectivity index (χ3n) is 3.42. The van der Waals surface area contributed by atoms with Crippen molar-refractivity contribution in [1.82, 2.24) is 5.32 Å². The number of Topliss-reactive ketones (excluding diaryl/α,β-unsaturated/α-hetero) is 1. The van der Waals surface area contributed by atoms with Crippen molar-refractivity contribution in [2.75, 3.05) is 6.61 Å². The van der Waals surface area contributed by atoms with Crippen molar-refractivity contribution in [2.45, 2.75) is 12.5 Å². The van der Waals surface area contributed by atoms with Gasteiger partial charge in [0, 0.05) is 10.6 Å².